The van der Waals surface area contributed by atoms with Crippen LogP contribution < -0.4 is 14.8 Å². The van der Waals surface area contributed by atoms with Gasteiger partial charge in [0.15, 0.2) is 0 Å². The van der Waals surface area contributed by atoms with Crippen LogP contribution in [0.4, 0.5) is 5.69 Å². The number of rotatable bonds is 3. The van der Waals surface area contributed by atoms with E-state index in [0.717, 1.165) is 34.7 Å². The maximum absolute atomic E-state index is 5.69. The third-order valence-corrected chi connectivity index (χ3v) is 3.86. The minimum atomic E-state index is 0.263. The van der Waals surface area contributed by atoms with E-state index in [0.29, 0.717) is 0 Å². The fraction of sp³-hybridized carbons (Fsp3) is 0.250. The van der Waals surface area contributed by atoms with Crippen molar-refractivity contribution >= 4 is 21.6 Å². The maximum Gasteiger partial charge on any atom is 0.124 e. The van der Waals surface area contributed by atoms with Crippen LogP contribution in [0.15, 0.2) is 46.9 Å². The summed E-state index contributed by atoms with van der Waals surface area (Å²) in [6, 6.07) is 14.4. The number of fused-ring (bicyclic) bond motifs is 1. The van der Waals surface area contributed by atoms with E-state index in [9.17, 15) is 0 Å². The third kappa shape index (κ3) is 2.75. The molecule has 3 rings (SSSR count). The molecule has 0 saturated heterocycles. The number of benzene rings is 2. The van der Waals surface area contributed by atoms with Gasteiger partial charge in [0.25, 0.3) is 0 Å². The molecular weight excluding hydrogens is 318 g/mol. The topological polar surface area (TPSA) is 30.5 Å². The Hall–Kier alpha value is -1.68. The molecule has 1 aliphatic rings. The van der Waals surface area contributed by atoms with Crippen LogP contribution in [0.2, 0.25) is 0 Å². The molecule has 0 aliphatic carbocycles. The van der Waals surface area contributed by atoms with Crippen LogP contribution in [0.5, 0.6) is 11.5 Å². The maximum atomic E-state index is 5.69. The van der Waals surface area contributed by atoms with Crippen molar-refractivity contribution in [3.8, 4) is 11.5 Å². The second-order valence-electron chi connectivity index (χ2n) is 4.75. The van der Waals surface area contributed by atoms with Gasteiger partial charge in [-0.1, -0.05) is 34.1 Å². The SMILES string of the molecule is COc1cc(Br)cc(NC2CCOc3ccccc32)c1. The summed E-state index contributed by atoms with van der Waals surface area (Å²) in [7, 11) is 1.68. The number of anilines is 1. The lowest BCUT2D eigenvalue weighted by Gasteiger charge is -2.27. The molecule has 0 aromatic heterocycles. The van der Waals surface area contributed by atoms with Crippen molar-refractivity contribution in [3.05, 3.63) is 52.5 Å². The summed E-state index contributed by atoms with van der Waals surface area (Å²) in [6.45, 7) is 0.736. The second-order valence-corrected chi connectivity index (χ2v) is 5.67. The Bertz CT molecular complexity index is 615. The minimum absolute atomic E-state index is 0.263. The molecule has 2 aromatic carbocycles. The highest BCUT2D eigenvalue weighted by Gasteiger charge is 2.20. The summed E-state index contributed by atoms with van der Waals surface area (Å²) in [5.41, 5.74) is 2.25. The molecule has 0 bridgehead atoms. The molecule has 20 heavy (non-hydrogen) atoms. The zero-order chi connectivity index (χ0) is 13.9. The molecule has 0 spiro atoms. The van der Waals surface area contributed by atoms with Gasteiger partial charge in [0.1, 0.15) is 11.5 Å². The molecule has 0 radical (unpaired) electrons. The number of halogens is 1. The molecule has 0 amide bonds. The van der Waals surface area contributed by atoms with Gasteiger partial charge in [-0.05, 0) is 18.2 Å². The molecule has 1 N–H and O–H groups in total. The van der Waals surface area contributed by atoms with Crippen LogP contribution in [-0.2, 0) is 0 Å². The van der Waals surface area contributed by atoms with Crippen molar-refractivity contribution in [2.24, 2.45) is 0 Å². The Balaban J connectivity index is 1.87. The molecule has 104 valence electrons. The van der Waals surface area contributed by atoms with Gasteiger partial charge in [0.2, 0.25) is 0 Å². The van der Waals surface area contributed by atoms with Crippen LogP contribution in [-0.4, -0.2) is 13.7 Å². The monoisotopic (exact) mass is 333 g/mol. The Morgan fingerprint density at radius 1 is 1.25 bits per heavy atom. The highest BCUT2D eigenvalue weighted by molar-refractivity contribution is 9.10. The third-order valence-electron chi connectivity index (χ3n) is 3.41. The summed E-state index contributed by atoms with van der Waals surface area (Å²) in [6.07, 6.45) is 0.950. The Morgan fingerprint density at radius 2 is 2.10 bits per heavy atom. The lowest BCUT2D eigenvalue weighted by atomic mass is 10.0. The molecule has 0 saturated carbocycles. The predicted molar refractivity (Wildman–Crippen MR) is 83.6 cm³/mol. The average Bonchev–Trinajstić information content (AvgIpc) is 2.47. The Morgan fingerprint density at radius 3 is 2.95 bits per heavy atom. The molecule has 1 heterocycles. The second kappa shape index (κ2) is 5.75. The molecule has 3 nitrogen and oxygen atoms in total. The van der Waals surface area contributed by atoms with E-state index in [-0.39, 0.29) is 6.04 Å². The van der Waals surface area contributed by atoms with Crippen LogP contribution >= 0.6 is 15.9 Å². The van der Waals surface area contributed by atoms with E-state index in [4.69, 9.17) is 9.47 Å². The number of nitrogens with one attached hydrogen (secondary N) is 1. The van der Waals surface area contributed by atoms with E-state index in [2.05, 4.69) is 33.4 Å². The van der Waals surface area contributed by atoms with Gasteiger partial charge in [-0.25, -0.2) is 0 Å². The zero-order valence-corrected chi connectivity index (χ0v) is 12.8. The Labute approximate surface area is 127 Å². The summed E-state index contributed by atoms with van der Waals surface area (Å²) in [4.78, 5) is 0. The molecule has 4 heteroatoms. The van der Waals surface area contributed by atoms with Crippen molar-refractivity contribution in [2.45, 2.75) is 12.5 Å². The van der Waals surface area contributed by atoms with Crippen molar-refractivity contribution in [1.29, 1.82) is 0 Å². The fourth-order valence-corrected chi connectivity index (χ4v) is 2.93. The first-order valence-electron chi connectivity index (χ1n) is 6.59. The summed E-state index contributed by atoms with van der Waals surface area (Å²) in [5, 5.41) is 3.56. The van der Waals surface area contributed by atoms with Crippen LogP contribution in [0.3, 0.4) is 0 Å². The van der Waals surface area contributed by atoms with Crippen molar-refractivity contribution < 1.29 is 9.47 Å². The van der Waals surface area contributed by atoms with Gasteiger partial charge in [-0.2, -0.15) is 0 Å². The zero-order valence-electron chi connectivity index (χ0n) is 11.2. The summed E-state index contributed by atoms with van der Waals surface area (Å²) < 4.78 is 12.0. The van der Waals surface area contributed by atoms with E-state index in [1.807, 2.05) is 30.3 Å². The van der Waals surface area contributed by atoms with Gasteiger partial charge in [0.05, 0.1) is 19.8 Å². The highest BCUT2D eigenvalue weighted by atomic mass is 79.9. The molecule has 1 unspecified atom stereocenters. The van der Waals surface area contributed by atoms with Crippen LogP contribution in [0.1, 0.15) is 18.0 Å². The van der Waals surface area contributed by atoms with Gasteiger partial charge in [-0.15, -0.1) is 0 Å². The minimum Gasteiger partial charge on any atom is -0.497 e. The van der Waals surface area contributed by atoms with Gasteiger partial charge >= 0.3 is 0 Å². The van der Waals surface area contributed by atoms with Gasteiger partial charge in [0, 0.05) is 28.2 Å². The van der Waals surface area contributed by atoms with E-state index in [1.165, 1.54) is 5.56 Å². The lowest BCUT2D eigenvalue weighted by Crippen LogP contribution is -2.20. The summed E-state index contributed by atoms with van der Waals surface area (Å²) in [5.74, 6) is 1.81. The smallest absolute Gasteiger partial charge is 0.124 e. The van der Waals surface area contributed by atoms with Crippen molar-refractivity contribution in [2.75, 3.05) is 19.0 Å². The van der Waals surface area contributed by atoms with Crippen molar-refractivity contribution in [1.82, 2.24) is 0 Å². The number of hydrogen-bond donors (Lipinski definition) is 1. The van der Waals surface area contributed by atoms with Crippen molar-refractivity contribution in [3.63, 3.8) is 0 Å². The molecule has 1 atom stereocenters. The molecule has 1 aliphatic heterocycles. The van der Waals surface area contributed by atoms with Crippen LogP contribution in [0.25, 0.3) is 0 Å². The molecule has 0 fully saturated rings. The standard InChI is InChI=1S/C16H16BrNO2/c1-19-13-9-11(17)8-12(10-13)18-15-6-7-20-16-5-3-2-4-14(15)16/h2-5,8-10,15,18H,6-7H2,1H3. The first-order valence-corrected chi connectivity index (χ1v) is 7.38. The van der Waals surface area contributed by atoms with E-state index in [1.54, 1.807) is 7.11 Å². The number of hydrogen-bond acceptors (Lipinski definition) is 3. The normalized spacial score (nSPS) is 17.0. The molecular formula is C16H16BrNO2. The molecule has 2 aromatic rings. The first-order chi connectivity index (χ1) is 9.76. The van der Waals surface area contributed by atoms with Crippen LogP contribution in [0, 0.1) is 0 Å². The number of methoxy groups -OCH3 is 1. The van der Waals surface area contributed by atoms with Gasteiger partial charge in [-0.3, -0.25) is 0 Å². The largest absolute Gasteiger partial charge is 0.497 e. The number of para-hydroxylation sites is 1. The highest BCUT2D eigenvalue weighted by Crippen LogP contribution is 2.35. The van der Waals surface area contributed by atoms with Gasteiger partial charge < -0.3 is 14.8 Å². The predicted octanol–water partition coefficient (Wildman–Crippen LogP) is 4.39. The van der Waals surface area contributed by atoms with E-state index >= 15 is 0 Å². The lowest BCUT2D eigenvalue weighted by molar-refractivity contribution is 0.274. The summed E-state index contributed by atoms with van der Waals surface area (Å²) >= 11 is 3.51. The van der Waals surface area contributed by atoms with E-state index < -0.39 is 0 Å². The quantitative estimate of drug-likeness (QED) is 0.903. The average molecular weight is 334 g/mol. The fourth-order valence-electron chi connectivity index (χ4n) is 2.46. The first kappa shape index (κ1) is 13.3. The Kier molecular flexibility index (Phi) is 3.83. The number of ether oxygens (including phenoxy) is 2.